The molecule has 0 aliphatic heterocycles. The molecule has 0 unspecified atom stereocenters. The highest BCUT2D eigenvalue weighted by Crippen LogP contribution is 2.49. The molecule has 9 rings (SSSR count). The molecule has 2 aliphatic rings. The predicted molar refractivity (Wildman–Crippen MR) is 140 cm³/mol. The van der Waals surface area contributed by atoms with Crippen molar-refractivity contribution < 1.29 is 0 Å². The van der Waals surface area contributed by atoms with Crippen LogP contribution in [0, 0.1) is 0 Å². The standard InChI is InChI=1S/C31H18N4/c1-2-4-20-17(3-1)14-23-21(20)7-5-18-13-19-6-8-27-30(29(19)28(18)23)34-31-22-9-11-32-15-24(22)25-16-33-12-10-26(25)35(27)31/h1-12,15-16H,13-14H2. The van der Waals surface area contributed by atoms with E-state index >= 15 is 0 Å². The zero-order valence-electron chi connectivity index (χ0n) is 18.8. The van der Waals surface area contributed by atoms with Gasteiger partial charge < -0.3 is 0 Å². The third kappa shape index (κ3) is 2.11. The minimum atomic E-state index is 0.966. The summed E-state index contributed by atoms with van der Waals surface area (Å²) in [5.41, 5.74) is 15.5. The van der Waals surface area contributed by atoms with Crippen LogP contribution < -0.4 is 0 Å². The summed E-state index contributed by atoms with van der Waals surface area (Å²) in [6.45, 7) is 0. The van der Waals surface area contributed by atoms with Gasteiger partial charge in [-0.3, -0.25) is 14.4 Å². The number of nitrogens with zero attached hydrogens (tertiary/aromatic N) is 4. The Bertz CT molecular complexity index is 2070. The van der Waals surface area contributed by atoms with Gasteiger partial charge in [0.25, 0.3) is 0 Å². The molecule has 0 atom stereocenters. The fourth-order valence-electron chi connectivity index (χ4n) is 6.55. The second-order valence-electron chi connectivity index (χ2n) is 9.69. The van der Waals surface area contributed by atoms with Gasteiger partial charge in [0.05, 0.1) is 16.6 Å². The molecule has 4 heterocycles. The molecular formula is C31H18N4. The number of fused-ring (bicyclic) bond motifs is 16. The molecule has 3 aromatic carbocycles. The van der Waals surface area contributed by atoms with Crippen LogP contribution in [0.25, 0.3) is 60.6 Å². The molecule has 0 saturated carbocycles. The second-order valence-corrected chi connectivity index (χ2v) is 9.69. The molecule has 7 aromatic rings. The number of imidazole rings is 1. The smallest absolute Gasteiger partial charge is 0.146 e. The second kappa shape index (κ2) is 6.10. The molecule has 0 radical (unpaired) electrons. The van der Waals surface area contributed by atoms with E-state index < -0.39 is 0 Å². The Morgan fingerprint density at radius 3 is 2.40 bits per heavy atom. The van der Waals surface area contributed by atoms with Crippen LogP contribution in [0.5, 0.6) is 0 Å². The van der Waals surface area contributed by atoms with Gasteiger partial charge in [0.2, 0.25) is 0 Å². The van der Waals surface area contributed by atoms with Gasteiger partial charge in [-0.05, 0) is 70.0 Å². The summed E-state index contributed by atoms with van der Waals surface area (Å²) in [5.74, 6) is 0. The Morgan fingerprint density at radius 2 is 1.43 bits per heavy atom. The topological polar surface area (TPSA) is 43.1 Å². The van der Waals surface area contributed by atoms with Gasteiger partial charge in [-0.15, -0.1) is 0 Å². The van der Waals surface area contributed by atoms with Crippen molar-refractivity contribution in [1.29, 1.82) is 0 Å². The number of pyridine rings is 3. The maximum atomic E-state index is 5.35. The van der Waals surface area contributed by atoms with Gasteiger partial charge in [-0.1, -0.05) is 42.5 Å². The van der Waals surface area contributed by atoms with Gasteiger partial charge >= 0.3 is 0 Å². The molecule has 4 heteroatoms. The molecule has 0 amide bonds. The van der Waals surface area contributed by atoms with E-state index in [4.69, 9.17) is 4.98 Å². The Kier molecular flexibility index (Phi) is 3.11. The van der Waals surface area contributed by atoms with Crippen molar-refractivity contribution in [2.75, 3.05) is 0 Å². The van der Waals surface area contributed by atoms with Crippen molar-refractivity contribution in [3.8, 4) is 22.3 Å². The van der Waals surface area contributed by atoms with Crippen molar-refractivity contribution in [3.05, 3.63) is 108 Å². The third-order valence-corrected chi connectivity index (χ3v) is 8.01. The number of aromatic nitrogens is 4. The Labute approximate surface area is 200 Å². The lowest BCUT2D eigenvalue weighted by Crippen LogP contribution is -1.92. The van der Waals surface area contributed by atoms with Crippen LogP contribution in [0.2, 0.25) is 0 Å². The zero-order valence-corrected chi connectivity index (χ0v) is 18.8. The van der Waals surface area contributed by atoms with Crippen LogP contribution >= 0.6 is 0 Å². The molecule has 0 N–H and O–H groups in total. The van der Waals surface area contributed by atoms with Gasteiger partial charge in [0.1, 0.15) is 5.65 Å². The quantitative estimate of drug-likeness (QED) is 0.243. The van der Waals surface area contributed by atoms with Gasteiger partial charge in [0, 0.05) is 46.5 Å². The van der Waals surface area contributed by atoms with Crippen molar-refractivity contribution in [1.82, 2.24) is 19.4 Å². The summed E-state index contributed by atoms with van der Waals surface area (Å²) in [6, 6.07) is 22.2. The largest absolute Gasteiger partial charge is 0.292 e. The van der Waals surface area contributed by atoms with Crippen molar-refractivity contribution in [2.24, 2.45) is 0 Å². The van der Waals surface area contributed by atoms with E-state index in [1.807, 2.05) is 24.8 Å². The molecule has 0 bridgehead atoms. The lowest BCUT2D eigenvalue weighted by molar-refractivity contribution is 1.23. The molecule has 162 valence electrons. The summed E-state index contributed by atoms with van der Waals surface area (Å²) in [6.07, 6.45) is 9.55. The maximum Gasteiger partial charge on any atom is 0.146 e. The Balaban J connectivity index is 1.45. The summed E-state index contributed by atoms with van der Waals surface area (Å²) < 4.78 is 2.31. The van der Waals surface area contributed by atoms with E-state index in [2.05, 4.69) is 75.0 Å². The average molecular weight is 447 g/mol. The molecule has 0 saturated heterocycles. The van der Waals surface area contributed by atoms with Gasteiger partial charge in [-0.2, -0.15) is 0 Å². The van der Waals surface area contributed by atoms with Crippen molar-refractivity contribution in [2.45, 2.75) is 12.8 Å². The highest BCUT2D eigenvalue weighted by atomic mass is 15.0. The van der Waals surface area contributed by atoms with Gasteiger partial charge in [0.15, 0.2) is 0 Å². The first kappa shape index (κ1) is 17.8. The number of benzene rings is 3. The van der Waals surface area contributed by atoms with E-state index in [9.17, 15) is 0 Å². The van der Waals surface area contributed by atoms with Crippen molar-refractivity contribution in [3.63, 3.8) is 0 Å². The minimum Gasteiger partial charge on any atom is -0.292 e. The third-order valence-electron chi connectivity index (χ3n) is 8.01. The van der Waals surface area contributed by atoms with E-state index in [0.717, 1.165) is 51.2 Å². The highest BCUT2D eigenvalue weighted by molar-refractivity contribution is 6.14. The van der Waals surface area contributed by atoms with E-state index in [-0.39, 0.29) is 0 Å². The van der Waals surface area contributed by atoms with Crippen LogP contribution in [-0.2, 0) is 12.8 Å². The predicted octanol–water partition coefficient (Wildman–Crippen LogP) is 6.73. The lowest BCUT2D eigenvalue weighted by Gasteiger charge is -2.10. The van der Waals surface area contributed by atoms with E-state index in [1.54, 1.807) is 0 Å². The molecule has 35 heavy (non-hydrogen) atoms. The normalized spacial score (nSPS) is 13.5. The molecule has 4 aromatic heterocycles. The minimum absolute atomic E-state index is 0.966. The first-order chi connectivity index (χ1) is 17.4. The van der Waals surface area contributed by atoms with Crippen LogP contribution in [0.1, 0.15) is 22.3 Å². The summed E-state index contributed by atoms with van der Waals surface area (Å²) >= 11 is 0. The first-order valence-corrected chi connectivity index (χ1v) is 12.0. The maximum absolute atomic E-state index is 5.35. The van der Waals surface area contributed by atoms with E-state index in [1.165, 1.54) is 44.5 Å². The lowest BCUT2D eigenvalue weighted by atomic mass is 9.94. The highest BCUT2D eigenvalue weighted by Gasteiger charge is 2.30. The molecule has 4 nitrogen and oxygen atoms in total. The SMILES string of the molecule is c1ccc2c(c1)Cc1c-2ccc2c1-c1c(ccc3c1nc1c4ccncc4c4cnccc4n31)C2. The van der Waals surface area contributed by atoms with Crippen molar-refractivity contribution >= 4 is 38.4 Å². The molecule has 0 spiro atoms. The number of rotatable bonds is 0. The molecule has 0 fully saturated rings. The number of hydrogen-bond donors (Lipinski definition) is 0. The monoisotopic (exact) mass is 446 g/mol. The number of hydrogen-bond acceptors (Lipinski definition) is 3. The summed E-state index contributed by atoms with van der Waals surface area (Å²) in [5, 5.41) is 3.29. The fraction of sp³-hybridized carbons (Fsp3) is 0.0645. The molecule has 2 aliphatic carbocycles. The van der Waals surface area contributed by atoms with Gasteiger partial charge in [-0.25, -0.2) is 4.98 Å². The Morgan fingerprint density at radius 1 is 0.600 bits per heavy atom. The van der Waals surface area contributed by atoms with Crippen LogP contribution in [-0.4, -0.2) is 19.4 Å². The average Bonchev–Trinajstić information content (AvgIpc) is 3.59. The van der Waals surface area contributed by atoms with E-state index in [0.29, 0.717) is 0 Å². The summed E-state index contributed by atoms with van der Waals surface area (Å²) in [7, 11) is 0. The van der Waals surface area contributed by atoms with Crippen LogP contribution in [0.15, 0.2) is 85.5 Å². The van der Waals surface area contributed by atoms with Crippen LogP contribution in [0.4, 0.5) is 0 Å². The zero-order chi connectivity index (χ0) is 22.7. The molecular weight excluding hydrogens is 428 g/mol. The fourth-order valence-corrected chi connectivity index (χ4v) is 6.55. The Hall–Kier alpha value is -4.57. The van der Waals surface area contributed by atoms with Crippen LogP contribution in [0.3, 0.4) is 0 Å². The first-order valence-electron chi connectivity index (χ1n) is 12.0. The summed E-state index contributed by atoms with van der Waals surface area (Å²) in [4.78, 5) is 14.2.